The maximum absolute atomic E-state index is 12.6. The average molecular weight is 386 g/mol. The third-order valence-electron chi connectivity index (χ3n) is 4.69. The number of nitrogens with one attached hydrogen (secondary N) is 1. The highest BCUT2D eigenvalue weighted by Crippen LogP contribution is 2.12. The van der Waals surface area contributed by atoms with Crippen molar-refractivity contribution in [2.45, 2.75) is 19.4 Å². The van der Waals surface area contributed by atoms with Crippen molar-refractivity contribution in [2.75, 3.05) is 26.2 Å². The highest BCUT2D eigenvalue weighted by molar-refractivity contribution is 6.30. The maximum atomic E-state index is 12.6. The quantitative estimate of drug-likeness (QED) is 0.877. The second kappa shape index (κ2) is 9.42. The fraction of sp³-hybridized carbons (Fsp3) is 0.333. The zero-order chi connectivity index (χ0) is 19.1. The van der Waals surface area contributed by atoms with Crippen LogP contribution in [-0.4, -0.2) is 47.9 Å². The molecule has 0 bridgehead atoms. The van der Waals surface area contributed by atoms with Crippen molar-refractivity contribution < 1.29 is 9.59 Å². The summed E-state index contributed by atoms with van der Waals surface area (Å²) in [6.07, 6.45) is 1.14. The number of urea groups is 1. The van der Waals surface area contributed by atoms with E-state index in [2.05, 4.69) is 5.32 Å². The van der Waals surface area contributed by atoms with Gasteiger partial charge in [0.25, 0.3) is 0 Å². The number of benzene rings is 2. The second-order valence-electron chi connectivity index (χ2n) is 6.67. The molecule has 1 saturated heterocycles. The molecule has 0 unspecified atom stereocenters. The number of carbonyl (C=O) groups excluding carboxylic acids is 2. The Morgan fingerprint density at radius 3 is 2.26 bits per heavy atom. The van der Waals surface area contributed by atoms with Crippen molar-refractivity contribution in [1.29, 1.82) is 0 Å². The van der Waals surface area contributed by atoms with E-state index in [0.717, 1.165) is 17.5 Å². The van der Waals surface area contributed by atoms with Gasteiger partial charge in [0.15, 0.2) is 0 Å². The average Bonchev–Trinajstić information content (AvgIpc) is 2.95. The van der Waals surface area contributed by atoms with E-state index in [1.54, 1.807) is 17.0 Å². The first-order valence-corrected chi connectivity index (χ1v) is 9.58. The molecule has 0 saturated carbocycles. The summed E-state index contributed by atoms with van der Waals surface area (Å²) in [5, 5.41) is 3.62. The van der Waals surface area contributed by atoms with E-state index in [4.69, 9.17) is 11.6 Å². The molecule has 3 amide bonds. The summed E-state index contributed by atoms with van der Waals surface area (Å²) < 4.78 is 0. The largest absolute Gasteiger partial charge is 0.341 e. The molecule has 1 fully saturated rings. The summed E-state index contributed by atoms with van der Waals surface area (Å²) in [7, 11) is 0. The lowest BCUT2D eigenvalue weighted by molar-refractivity contribution is -0.130. The summed E-state index contributed by atoms with van der Waals surface area (Å²) >= 11 is 5.89. The minimum absolute atomic E-state index is 0.0779. The van der Waals surface area contributed by atoms with Gasteiger partial charge in [0.2, 0.25) is 5.91 Å². The zero-order valence-electron chi connectivity index (χ0n) is 15.2. The van der Waals surface area contributed by atoms with Crippen LogP contribution in [0.15, 0.2) is 54.6 Å². The Morgan fingerprint density at radius 2 is 1.52 bits per heavy atom. The topological polar surface area (TPSA) is 52.7 Å². The molecule has 1 N–H and O–H groups in total. The molecule has 2 aromatic carbocycles. The number of halogens is 1. The van der Waals surface area contributed by atoms with E-state index in [0.29, 0.717) is 44.2 Å². The molecule has 5 nitrogen and oxygen atoms in total. The van der Waals surface area contributed by atoms with Gasteiger partial charge in [-0.25, -0.2) is 4.79 Å². The molecule has 27 heavy (non-hydrogen) atoms. The predicted molar refractivity (Wildman–Crippen MR) is 107 cm³/mol. The minimum Gasteiger partial charge on any atom is -0.341 e. The molecule has 0 spiro atoms. The van der Waals surface area contributed by atoms with Crippen LogP contribution in [0.3, 0.4) is 0 Å². The number of amides is 3. The lowest BCUT2D eigenvalue weighted by Gasteiger charge is -2.22. The van der Waals surface area contributed by atoms with Gasteiger partial charge in [-0.15, -0.1) is 0 Å². The van der Waals surface area contributed by atoms with Crippen LogP contribution in [-0.2, 0) is 17.8 Å². The molecule has 1 heterocycles. The minimum atomic E-state index is -0.0779. The van der Waals surface area contributed by atoms with Crippen LogP contribution >= 0.6 is 11.6 Å². The molecule has 142 valence electrons. The molecular formula is C21H24ClN3O2. The number of hydrogen-bond acceptors (Lipinski definition) is 2. The molecule has 1 aliphatic rings. The van der Waals surface area contributed by atoms with Crippen LogP contribution in [0.5, 0.6) is 0 Å². The Hall–Kier alpha value is -2.53. The molecule has 1 aliphatic heterocycles. The molecule has 0 radical (unpaired) electrons. The van der Waals surface area contributed by atoms with Gasteiger partial charge >= 0.3 is 6.03 Å². The molecule has 6 heteroatoms. The molecule has 3 rings (SSSR count). The van der Waals surface area contributed by atoms with Crippen LogP contribution in [0.25, 0.3) is 0 Å². The van der Waals surface area contributed by atoms with Gasteiger partial charge in [-0.2, -0.15) is 0 Å². The second-order valence-corrected chi connectivity index (χ2v) is 7.11. The lowest BCUT2D eigenvalue weighted by atomic mass is 10.1. The van der Waals surface area contributed by atoms with Crippen LogP contribution < -0.4 is 5.32 Å². The van der Waals surface area contributed by atoms with Gasteiger partial charge in [-0.05, 0) is 29.7 Å². The fourth-order valence-electron chi connectivity index (χ4n) is 3.14. The van der Waals surface area contributed by atoms with E-state index >= 15 is 0 Å². The van der Waals surface area contributed by atoms with E-state index in [1.165, 1.54) is 0 Å². The Morgan fingerprint density at radius 1 is 0.852 bits per heavy atom. The lowest BCUT2D eigenvalue weighted by Crippen LogP contribution is -2.42. The Kier molecular flexibility index (Phi) is 6.71. The third kappa shape index (κ3) is 5.73. The SMILES string of the molecule is O=C(Cc1ccc(Cl)cc1)N1CCCN(C(=O)NCc2ccccc2)CC1. The van der Waals surface area contributed by atoms with Crippen molar-refractivity contribution in [3.63, 3.8) is 0 Å². The van der Waals surface area contributed by atoms with Crippen molar-refractivity contribution in [2.24, 2.45) is 0 Å². The molecular weight excluding hydrogens is 362 g/mol. The van der Waals surface area contributed by atoms with Crippen molar-refractivity contribution in [1.82, 2.24) is 15.1 Å². The summed E-state index contributed by atoms with van der Waals surface area (Å²) in [5.74, 6) is 0.0869. The summed E-state index contributed by atoms with van der Waals surface area (Å²) in [5.41, 5.74) is 2.02. The maximum Gasteiger partial charge on any atom is 0.317 e. The van der Waals surface area contributed by atoms with Gasteiger partial charge in [0.1, 0.15) is 0 Å². The molecule has 2 aromatic rings. The molecule has 0 atom stereocenters. The van der Waals surface area contributed by atoms with Crippen molar-refractivity contribution >= 4 is 23.5 Å². The number of nitrogens with zero attached hydrogens (tertiary/aromatic N) is 2. The van der Waals surface area contributed by atoms with Crippen molar-refractivity contribution in [3.05, 3.63) is 70.7 Å². The van der Waals surface area contributed by atoms with Crippen molar-refractivity contribution in [3.8, 4) is 0 Å². The first-order valence-electron chi connectivity index (χ1n) is 9.21. The van der Waals surface area contributed by atoms with Gasteiger partial charge in [-0.1, -0.05) is 54.1 Å². The van der Waals surface area contributed by atoms with E-state index in [1.807, 2.05) is 47.4 Å². The zero-order valence-corrected chi connectivity index (χ0v) is 16.0. The van der Waals surface area contributed by atoms with Gasteiger partial charge in [0, 0.05) is 37.7 Å². The van der Waals surface area contributed by atoms with Crippen LogP contribution in [0.2, 0.25) is 5.02 Å². The number of hydrogen-bond donors (Lipinski definition) is 1. The Labute approximate surface area is 164 Å². The molecule has 0 aromatic heterocycles. The normalized spacial score (nSPS) is 14.6. The Balaban J connectivity index is 1.48. The highest BCUT2D eigenvalue weighted by Gasteiger charge is 2.22. The summed E-state index contributed by atoms with van der Waals surface area (Å²) in [6.45, 7) is 2.95. The van der Waals surface area contributed by atoms with E-state index < -0.39 is 0 Å². The van der Waals surface area contributed by atoms with E-state index in [9.17, 15) is 9.59 Å². The van der Waals surface area contributed by atoms with E-state index in [-0.39, 0.29) is 11.9 Å². The van der Waals surface area contributed by atoms with Crippen LogP contribution in [0, 0.1) is 0 Å². The van der Waals surface area contributed by atoms with Crippen LogP contribution in [0.4, 0.5) is 4.79 Å². The van der Waals surface area contributed by atoms with Crippen LogP contribution in [0.1, 0.15) is 17.5 Å². The predicted octanol–water partition coefficient (Wildman–Crippen LogP) is 3.33. The highest BCUT2D eigenvalue weighted by atomic mass is 35.5. The third-order valence-corrected chi connectivity index (χ3v) is 4.94. The Bertz CT molecular complexity index is 765. The summed E-state index contributed by atoms with van der Waals surface area (Å²) in [6, 6.07) is 17.1. The first kappa shape index (κ1) is 19.2. The number of carbonyl (C=O) groups is 2. The van der Waals surface area contributed by atoms with Gasteiger partial charge in [-0.3, -0.25) is 4.79 Å². The molecule has 0 aliphatic carbocycles. The standard InChI is InChI=1S/C21H24ClN3O2/c22-19-9-7-17(8-10-19)15-20(26)24-11-4-12-25(14-13-24)21(27)23-16-18-5-2-1-3-6-18/h1-3,5-10H,4,11-16H2,(H,23,27). The summed E-state index contributed by atoms with van der Waals surface area (Å²) in [4.78, 5) is 28.6. The smallest absolute Gasteiger partial charge is 0.317 e. The monoisotopic (exact) mass is 385 g/mol. The fourth-order valence-corrected chi connectivity index (χ4v) is 3.27. The number of rotatable bonds is 4. The van der Waals surface area contributed by atoms with Gasteiger partial charge < -0.3 is 15.1 Å². The first-order chi connectivity index (χ1) is 13.1. The van der Waals surface area contributed by atoms with Gasteiger partial charge in [0.05, 0.1) is 6.42 Å².